The fourth-order valence-corrected chi connectivity index (χ4v) is 1.96. The fraction of sp³-hybridized carbons (Fsp3) is 0.438. The van der Waals surface area contributed by atoms with Gasteiger partial charge in [0.2, 0.25) is 0 Å². The molecule has 0 spiro atoms. The van der Waals surface area contributed by atoms with E-state index in [0.29, 0.717) is 6.54 Å². The lowest BCUT2D eigenvalue weighted by molar-refractivity contribution is 0.203. The molecule has 0 aromatic heterocycles. The predicted octanol–water partition coefficient (Wildman–Crippen LogP) is 2.72. The third-order valence-electron chi connectivity index (χ3n) is 3.51. The van der Waals surface area contributed by atoms with E-state index < -0.39 is 0 Å². The second kappa shape index (κ2) is 7.10. The number of likely N-dealkylation sites (N-methyl/N-ethyl adjacent to an activating group) is 1. The van der Waals surface area contributed by atoms with Gasteiger partial charge >= 0.3 is 6.03 Å². The van der Waals surface area contributed by atoms with Crippen molar-refractivity contribution in [2.24, 2.45) is 0 Å². The number of nitrogens with one attached hydrogen (secondary N) is 1. The summed E-state index contributed by atoms with van der Waals surface area (Å²) in [5, 5.41) is 2.88. The Morgan fingerprint density at radius 2 is 2.00 bits per heavy atom. The van der Waals surface area contributed by atoms with Gasteiger partial charge in [-0.1, -0.05) is 29.8 Å². The van der Waals surface area contributed by atoms with Crippen LogP contribution in [0.5, 0.6) is 0 Å². The molecule has 1 aromatic carbocycles. The summed E-state index contributed by atoms with van der Waals surface area (Å²) in [6.45, 7) is 6.06. The lowest BCUT2D eigenvalue weighted by Crippen LogP contribution is -2.37. The van der Waals surface area contributed by atoms with E-state index >= 15 is 0 Å². The van der Waals surface area contributed by atoms with Crippen LogP contribution in [0.1, 0.15) is 12.0 Å². The van der Waals surface area contributed by atoms with Crippen LogP contribution in [0.2, 0.25) is 0 Å². The molecule has 0 atom stereocenters. The predicted molar refractivity (Wildman–Crippen MR) is 83.0 cm³/mol. The molecule has 1 aromatic rings. The Morgan fingerprint density at radius 3 is 2.60 bits per heavy atom. The summed E-state index contributed by atoms with van der Waals surface area (Å²) in [5.41, 5.74) is 2.02. The normalized spacial score (nSPS) is 15.1. The highest BCUT2D eigenvalue weighted by atomic mass is 16.2. The van der Waals surface area contributed by atoms with Gasteiger partial charge in [-0.3, -0.25) is 4.90 Å². The molecule has 0 aliphatic carbocycles. The van der Waals surface area contributed by atoms with Crippen molar-refractivity contribution in [2.75, 3.05) is 38.5 Å². The van der Waals surface area contributed by atoms with Gasteiger partial charge < -0.3 is 10.2 Å². The number of hydrogen-bond acceptors (Lipinski definition) is 2. The molecule has 2 rings (SSSR count). The van der Waals surface area contributed by atoms with Crippen molar-refractivity contribution in [1.29, 1.82) is 0 Å². The molecule has 0 unspecified atom stereocenters. The van der Waals surface area contributed by atoms with Crippen LogP contribution in [0.4, 0.5) is 10.5 Å². The lowest BCUT2D eigenvalue weighted by atomic mass is 10.2. The van der Waals surface area contributed by atoms with Gasteiger partial charge in [0.15, 0.2) is 0 Å². The first-order chi connectivity index (χ1) is 9.65. The molecule has 108 valence electrons. The van der Waals surface area contributed by atoms with E-state index in [2.05, 4.69) is 16.3 Å². The van der Waals surface area contributed by atoms with Gasteiger partial charge in [0.1, 0.15) is 0 Å². The maximum Gasteiger partial charge on any atom is 0.321 e. The summed E-state index contributed by atoms with van der Waals surface area (Å²) in [6, 6.07) is 7.73. The molecule has 0 bridgehead atoms. The first-order valence-electron chi connectivity index (χ1n) is 7.11. The molecule has 1 aliphatic heterocycles. The van der Waals surface area contributed by atoms with Gasteiger partial charge in [0.25, 0.3) is 0 Å². The highest BCUT2D eigenvalue weighted by molar-refractivity contribution is 5.89. The number of carbonyl (C=O) groups is 1. The second-order valence-corrected chi connectivity index (χ2v) is 5.30. The molecular formula is C16H23N3O. The number of benzene rings is 1. The van der Waals surface area contributed by atoms with Gasteiger partial charge in [-0.15, -0.1) is 0 Å². The standard InChI is InChI=1S/C16H23N3O/c1-14-6-8-15(9-7-14)17-16(20)18(2)10-3-4-11-19-12-5-13-19/h3-4,6-9H,5,10-13H2,1-2H3,(H,17,20)/b4-3-. The topological polar surface area (TPSA) is 35.6 Å². The minimum atomic E-state index is -0.0811. The molecule has 1 heterocycles. The van der Waals surface area contributed by atoms with Crippen molar-refractivity contribution in [3.8, 4) is 0 Å². The third-order valence-corrected chi connectivity index (χ3v) is 3.51. The van der Waals surface area contributed by atoms with Crippen LogP contribution in [0.15, 0.2) is 36.4 Å². The first kappa shape index (κ1) is 14.6. The van der Waals surface area contributed by atoms with Crippen LogP contribution in [0.25, 0.3) is 0 Å². The van der Waals surface area contributed by atoms with Crippen LogP contribution in [0, 0.1) is 6.92 Å². The molecule has 1 N–H and O–H groups in total. The monoisotopic (exact) mass is 273 g/mol. The molecule has 0 saturated carbocycles. The Morgan fingerprint density at radius 1 is 1.30 bits per heavy atom. The van der Waals surface area contributed by atoms with Crippen LogP contribution in [-0.4, -0.2) is 49.1 Å². The Hall–Kier alpha value is -1.81. The number of likely N-dealkylation sites (tertiary alicyclic amines) is 1. The van der Waals surface area contributed by atoms with Crippen LogP contribution < -0.4 is 5.32 Å². The number of anilines is 1. The van der Waals surface area contributed by atoms with Crippen LogP contribution >= 0.6 is 0 Å². The molecular weight excluding hydrogens is 250 g/mol. The van der Waals surface area contributed by atoms with Crippen molar-refractivity contribution in [2.45, 2.75) is 13.3 Å². The van der Waals surface area contributed by atoms with E-state index in [9.17, 15) is 4.79 Å². The molecule has 20 heavy (non-hydrogen) atoms. The van der Waals surface area contributed by atoms with Gasteiger partial charge in [0, 0.05) is 25.8 Å². The Labute approximate surface area is 121 Å². The zero-order chi connectivity index (χ0) is 14.4. The number of amides is 2. The SMILES string of the molecule is Cc1ccc(NC(=O)N(C)C/C=C\CN2CCC2)cc1. The summed E-state index contributed by atoms with van der Waals surface area (Å²) in [5.74, 6) is 0. The van der Waals surface area contributed by atoms with Crippen molar-refractivity contribution >= 4 is 11.7 Å². The fourth-order valence-electron chi connectivity index (χ4n) is 1.96. The van der Waals surface area contributed by atoms with E-state index in [-0.39, 0.29) is 6.03 Å². The van der Waals surface area contributed by atoms with Gasteiger partial charge in [-0.05, 0) is 38.6 Å². The molecule has 1 aliphatic rings. The number of nitrogens with zero attached hydrogens (tertiary/aromatic N) is 2. The maximum atomic E-state index is 12.0. The van der Waals surface area contributed by atoms with Gasteiger partial charge in [-0.2, -0.15) is 0 Å². The summed E-state index contributed by atoms with van der Waals surface area (Å²) in [4.78, 5) is 16.0. The van der Waals surface area contributed by atoms with Crippen molar-refractivity contribution in [3.63, 3.8) is 0 Å². The molecule has 2 amide bonds. The minimum Gasteiger partial charge on any atom is -0.324 e. The van der Waals surface area contributed by atoms with E-state index in [0.717, 1.165) is 12.2 Å². The zero-order valence-electron chi connectivity index (χ0n) is 12.3. The average Bonchev–Trinajstić information content (AvgIpc) is 2.38. The van der Waals surface area contributed by atoms with Crippen LogP contribution in [-0.2, 0) is 0 Å². The van der Waals surface area contributed by atoms with E-state index in [1.54, 1.807) is 11.9 Å². The number of hydrogen-bond donors (Lipinski definition) is 1. The molecule has 4 nitrogen and oxygen atoms in total. The van der Waals surface area contributed by atoms with Crippen molar-refractivity contribution in [3.05, 3.63) is 42.0 Å². The number of rotatable bonds is 5. The minimum absolute atomic E-state index is 0.0811. The molecule has 1 fully saturated rings. The number of aryl methyl sites for hydroxylation is 1. The quantitative estimate of drug-likeness (QED) is 0.837. The highest BCUT2D eigenvalue weighted by Gasteiger charge is 2.11. The summed E-state index contributed by atoms with van der Waals surface area (Å²) >= 11 is 0. The summed E-state index contributed by atoms with van der Waals surface area (Å²) in [7, 11) is 1.80. The van der Waals surface area contributed by atoms with E-state index in [1.165, 1.54) is 25.1 Å². The zero-order valence-corrected chi connectivity index (χ0v) is 12.3. The van der Waals surface area contributed by atoms with E-state index in [1.807, 2.05) is 37.3 Å². The largest absolute Gasteiger partial charge is 0.324 e. The Balaban J connectivity index is 1.72. The number of carbonyl (C=O) groups excluding carboxylic acids is 1. The second-order valence-electron chi connectivity index (χ2n) is 5.30. The lowest BCUT2D eigenvalue weighted by Gasteiger charge is -2.29. The smallest absolute Gasteiger partial charge is 0.321 e. The van der Waals surface area contributed by atoms with Crippen molar-refractivity contribution in [1.82, 2.24) is 9.80 Å². The third kappa shape index (κ3) is 4.38. The highest BCUT2D eigenvalue weighted by Crippen LogP contribution is 2.09. The first-order valence-corrected chi connectivity index (χ1v) is 7.11. The average molecular weight is 273 g/mol. The van der Waals surface area contributed by atoms with Gasteiger partial charge in [-0.25, -0.2) is 4.79 Å². The molecule has 0 radical (unpaired) electrons. The summed E-state index contributed by atoms with van der Waals surface area (Å²) < 4.78 is 0. The molecule has 4 heteroatoms. The van der Waals surface area contributed by atoms with Crippen LogP contribution in [0.3, 0.4) is 0 Å². The van der Waals surface area contributed by atoms with Crippen molar-refractivity contribution < 1.29 is 4.79 Å². The number of urea groups is 1. The van der Waals surface area contributed by atoms with Gasteiger partial charge in [0.05, 0.1) is 0 Å². The Bertz CT molecular complexity index is 463. The molecule has 1 saturated heterocycles. The maximum absolute atomic E-state index is 12.0. The van der Waals surface area contributed by atoms with E-state index in [4.69, 9.17) is 0 Å². The summed E-state index contributed by atoms with van der Waals surface area (Å²) in [6.07, 6.45) is 5.49. The Kier molecular flexibility index (Phi) is 5.18.